The van der Waals surface area contributed by atoms with E-state index < -0.39 is 12.2 Å². The highest BCUT2D eigenvalue weighted by atomic mass is 16.6. The molecule has 1 aromatic heterocycles. The molecule has 9 heteroatoms. The number of carbonyl (C=O) groups excluding carboxylic acids is 2. The molecule has 9 nitrogen and oxygen atoms in total. The number of anilines is 1. The molecule has 2 aromatic rings. The minimum atomic E-state index is -0.427. The number of nitriles is 1. The van der Waals surface area contributed by atoms with Crippen LogP contribution in [0.2, 0.25) is 0 Å². The number of hydrogen-bond acceptors (Lipinski definition) is 6. The van der Waals surface area contributed by atoms with Crippen molar-refractivity contribution in [1.29, 1.82) is 5.26 Å². The Labute approximate surface area is 162 Å². The van der Waals surface area contributed by atoms with Crippen molar-refractivity contribution in [2.45, 2.75) is 30.9 Å². The van der Waals surface area contributed by atoms with E-state index in [9.17, 15) is 14.9 Å². The van der Waals surface area contributed by atoms with Crippen LogP contribution in [0.3, 0.4) is 0 Å². The summed E-state index contributed by atoms with van der Waals surface area (Å²) in [6.07, 6.45) is 2.48. The van der Waals surface area contributed by atoms with Crippen LogP contribution >= 0.6 is 0 Å². The molecule has 1 saturated heterocycles. The summed E-state index contributed by atoms with van der Waals surface area (Å²) in [7, 11) is 3.29. The highest BCUT2D eigenvalue weighted by molar-refractivity contribution is 5.91. The van der Waals surface area contributed by atoms with Gasteiger partial charge in [0.05, 0.1) is 30.8 Å². The van der Waals surface area contributed by atoms with E-state index in [4.69, 9.17) is 4.74 Å². The maximum Gasteiger partial charge on any atom is 0.414 e. The van der Waals surface area contributed by atoms with Crippen LogP contribution in [-0.2, 0) is 16.7 Å². The van der Waals surface area contributed by atoms with E-state index in [-0.39, 0.29) is 17.0 Å². The fourth-order valence-corrected chi connectivity index (χ4v) is 3.30. The zero-order chi connectivity index (χ0) is 19.9. The molecule has 2 fully saturated rings. The summed E-state index contributed by atoms with van der Waals surface area (Å²) < 4.78 is 6.94. The van der Waals surface area contributed by atoms with Gasteiger partial charge in [-0.3, -0.25) is 9.69 Å². The monoisotopic (exact) mass is 380 g/mol. The van der Waals surface area contributed by atoms with Crippen molar-refractivity contribution in [3.63, 3.8) is 0 Å². The first-order valence-corrected chi connectivity index (χ1v) is 9.03. The van der Waals surface area contributed by atoms with Gasteiger partial charge in [0.1, 0.15) is 6.10 Å². The Hall–Kier alpha value is -3.41. The molecule has 2 amide bonds. The lowest BCUT2D eigenvalue weighted by Gasteiger charge is -2.14. The molecule has 1 saturated carbocycles. The maximum absolute atomic E-state index is 12.3. The third kappa shape index (κ3) is 3.17. The van der Waals surface area contributed by atoms with E-state index in [0.717, 1.165) is 24.1 Å². The molecule has 1 atom stereocenters. The van der Waals surface area contributed by atoms with Crippen LogP contribution in [0.1, 0.15) is 28.9 Å². The van der Waals surface area contributed by atoms with E-state index in [1.54, 1.807) is 25.2 Å². The normalized spacial score (nSPS) is 19.8. The highest BCUT2D eigenvalue weighted by Crippen LogP contribution is 2.47. The summed E-state index contributed by atoms with van der Waals surface area (Å²) in [6, 6.07) is 9.87. The molecule has 0 unspecified atom stereocenters. The Morgan fingerprint density at radius 2 is 2.07 bits per heavy atom. The van der Waals surface area contributed by atoms with Crippen molar-refractivity contribution >= 4 is 17.7 Å². The molecule has 144 valence electrons. The summed E-state index contributed by atoms with van der Waals surface area (Å²) >= 11 is 0. The van der Waals surface area contributed by atoms with Crippen molar-refractivity contribution in [1.82, 2.24) is 19.9 Å². The van der Waals surface area contributed by atoms with Crippen molar-refractivity contribution in [2.24, 2.45) is 0 Å². The second-order valence-electron chi connectivity index (χ2n) is 7.38. The first-order chi connectivity index (χ1) is 13.4. The van der Waals surface area contributed by atoms with Crippen molar-refractivity contribution in [3.8, 4) is 6.07 Å². The number of benzene rings is 1. The van der Waals surface area contributed by atoms with E-state index in [0.29, 0.717) is 13.1 Å². The van der Waals surface area contributed by atoms with Gasteiger partial charge >= 0.3 is 6.09 Å². The fraction of sp³-hybridized carbons (Fsp3) is 0.421. The highest BCUT2D eigenvalue weighted by Gasteiger charge is 2.45. The number of rotatable bonds is 5. The van der Waals surface area contributed by atoms with Gasteiger partial charge in [-0.1, -0.05) is 17.3 Å². The molecule has 1 aliphatic carbocycles. The molecule has 0 N–H and O–H groups in total. The predicted octanol–water partition coefficient (Wildman–Crippen LogP) is 1.56. The van der Waals surface area contributed by atoms with Gasteiger partial charge in [0.15, 0.2) is 5.69 Å². The lowest BCUT2D eigenvalue weighted by atomic mass is 9.97. The molecule has 28 heavy (non-hydrogen) atoms. The van der Waals surface area contributed by atoms with E-state index in [2.05, 4.69) is 16.4 Å². The number of hydrogen-bond donors (Lipinski definition) is 0. The molecule has 4 rings (SSSR count). The predicted molar refractivity (Wildman–Crippen MR) is 98.6 cm³/mol. The van der Waals surface area contributed by atoms with Gasteiger partial charge in [0, 0.05) is 19.8 Å². The molecular formula is C19H20N6O3. The van der Waals surface area contributed by atoms with Gasteiger partial charge in [0.25, 0.3) is 5.91 Å². The standard InChI is InChI=1S/C19H20N6O3/c1-23(2)17(26)16-11-24(22-21-16)9-15-10-25(18(27)28-15)14-5-3-13(4-6-14)19(12-20)7-8-19/h3-6,11,15H,7-10H2,1-2H3/t15-/m0/s1. The van der Waals surface area contributed by atoms with Crippen LogP contribution in [0, 0.1) is 11.3 Å². The van der Waals surface area contributed by atoms with Crippen molar-refractivity contribution in [2.75, 3.05) is 25.5 Å². The maximum atomic E-state index is 12.3. The molecule has 2 heterocycles. The summed E-state index contributed by atoms with van der Waals surface area (Å²) in [6.45, 7) is 0.684. The van der Waals surface area contributed by atoms with E-state index >= 15 is 0 Å². The zero-order valence-corrected chi connectivity index (χ0v) is 15.7. The lowest BCUT2D eigenvalue weighted by molar-refractivity contribution is 0.0821. The Morgan fingerprint density at radius 3 is 2.68 bits per heavy atom. The topological polar surface area (TPSA) is 104 Å². The van der Waals surface area contributed by atoms with Gasteiger partial charge < -0.3 is 9.64 Å². The van der Waals surface area contributed by atoms with Crippen LogP contribution in [0.25, 0.3) is 0 Å². The summed E-state index contributed by atoms with van der Waals surface area (Å²) in [4.78, 5) is 27.2. The number of amides is 2. The van der Waals surface area contributed by atoms with Gasteiger partial charge in [-0.25, -0.2) is 9.48 Å². The first kappa shape index (κ1) is 18.0. The largest absolute Gasteiger partial charge is 0.442 e. The number of nitrogens with zero attached hydrogens (tertiary/aromatic N) is 6. The molecule has 0 spiro atoms. The number of cyclic esters (lactones) is 1. The Kier molecular flexibility index (Phi) is 4.26. The molecule has 0 bridgehead atoms. The van der Waals surface area contributed by atoms with Gasteiger partial charge in [0.2, 0.25) is 0 Å². The summed E-state index contributed by atoms with van der Waals surface area (Å²) in [5.41, 5.74) is 1.62. The molecular weight excluding hydrogens is 360 g/mol. The number of aromatic nitrogens is 3. The molecule has 2 aliphatic rings. The number of ether oxygens (including phenoxy) is 1. The van der Waals surface area contributed by atoms with E-state index in [1.807, 2.05) is 24.3 Å². The van der Waals surface area contributed by atoms with Crippen LogP contribution in [0.5, 0.6) is 0 Å². The SMILES string of the molecule is CN(C)C(=O)c1cn(C[C@H]2CN(c3ccc(C4(C#N)CC4)cc3)C(=O)O2)nn1. The Morgan fingerprint density at radius 1 is 1.36 bits per heavy atom. The Bertz CT molecular complexity index is 955. The number of carbonyl (C=O) groups is 2. The minimum Gasteiger partial charge on any atom is -0.442 e. The minimum absolute atomic E-state index is 0.234. The zero-order valence-electron chi connectivity index (χ0n) is 15.7. The average Bonchev–Trinajstić information content (AvgIpc) is 3.22. The van der Waals surface area contributed by atoms with Crippen molar-refractivity contribution in [3.05, 3.63) is 41.7 Å². The Balaban J connectivity index is 1.42. The first-order valence-electron chi connectivity index (χ1n) is 9.03. The van der Waals surface area contributed by atoms with Gasteiger partial charge in [-0.05, 0) is 30.5 Å². The second-order valence-corrected chi connectivity index (χ2v) is 7.38. The fourth-order valence-electron chi connectivity index (χ4n) is 3.30. The molecule has 1 aliphatic heterocycles. The third-order valence-electron chi connectivity index (χ3n) is 5.12. The van der Waals surface area contributed by atoms with Crippen LogP contribution in [0.15, 0.2) is 30.5 Å². The summed E-state index contributed by atoms with van der Waals surface area (Å²) in [5, 5.41) is 17.1. The lowest BCUT2D eigenvalue weighted by Crippen LogP contribution is -2.26. The van der Waals surface area contributed by atoms with Crippen molar-refractivity contribution < 1.29 is 14.3 Å². The van der Waals surface area contributed by atoms with Gasteiger partial charge in [-0.15, -0.1) is 5.10 Å². The quantitative estimate of drug-likeness (QED) is 0.780. The molecule has 0 radical (unpaired) electrons. The van der Waals surface area contributed by atoms with Crippen LogP contribution in [-0.4, -0.2) is 58.6 Å². The van der Waals surface area contributed by atoms with Crippen LogP contribution in [0.4, 0.5) is 10.5 Å². The van der Waals surface area contributed by atoms with E-state index in [1.165, 1.54) is 9.58 Å². The smallest absolute Gasteiger partial charge is 0.414 e. The van der Waals surface area contributed by atoms with Crippen LogP contribution < -0.4 is 4.90 Å². The average molecular weight is 380 g/mol. The summed E-state index contributed by atoms with van der Waals surface area (Å²) in [5.74, 6) is -0.234. The molecule has 1 aromatic carbocycles. The third-order valence-corrected chi connectivity index (χ3v) is 5.12. The second kappa shape index (κ2) is 6.64. The van der Waals surface area contributed by atoms with Gasteiger partial charge in [-0.2, -0.15) is 5.26 Å².